The number of hydrogen-bond donors (Lipinski definition) is 0. The fourth-order valence-corrected chi connectivity index (χ4v) is 9.61. The summed E-state index contributed by atoms with van der Waals surface area (Å²) in [5.41, 5.74) is 15.9. The first kappa shape index (κ1) is 37.9. The Kier molecular flexibility index (Phi) is 9.88. The number of hydrogen-bond acceptors (Lipinski definition) is 0. The summed E-state index contributed by atoms with van der Waals surface area (Å²) in [6, 6.07) is 82.1. The average molecular weight is 801 g/mol. The van der Waals surface area contributed by atoms with Gasteiger partial charge in [0.2, 0.25) is 0 Å². The van der Waals surface area contributed by atoms with Crippen LogP contribution >= 0.6 is 0 Å². The lowest BCUT2D eigenvalue weighted by Gasteiger charge is -2.20. The maximum absolute atomic E-state index is 2.44. The van der Waals surface area contributed by atoms with E-state index >= 15 is 0 Å². The molecule has 0 atom stereocenters. The van der Waals surface area contributed by atoms with Gasteiger partial charge in [-0.1, -0.05) is 243 Å². The van der Waals surface area contributed by atoms with Gasteiger partial charge in [-0.2, -0.15) is 0 Å². The Bertz CT molecular complexity index is 3170. The molecule has 0 N–H and O–H groups in total. The molecule has 0 nitrogen and oxygen atoms in total. The van der Waals surface area contributed by atoms with Crippen molar-refractivity contribution in [3.05, 3.63) is 252 Å². The predicted octanol–water partition coefficient (Wildman–Crippen LogP) is 17.6. The van der Waals surface area contributed by atoms with Gasteiger partial charge in [-0.05, 0) is 128 Å². The Morgan fingerprint density at radius 1 is 0.222 bits per heavy atom. The molecular formula is C63H44. The highest BCUT2D eigenvalue weighted by atomic mass is 14.2. The Morgan fingerprint density at radius 2 is 0.460 bits per heavy atom. The van der Waals surface area contributed by atoms with Gasteiger partial charge in [0, 0.05) is 0 Å². The lowest BCUT2D eigenvalue weighted by atomic mass is 9.83. The molecule has 0 radical (unpaired) electrons. The van der Waals surface area contributed by atoms with Crippen LogP contribution < -0.4 is 0 Å². The van der Waals surface area contributed by atoms with Gasteiger partial charge in [-0.3, -0.25) is 0 Å². The lowest BCUT2D eigenvalue weighted by Crippen LogP contribution is -1.94. The van der Waals surface area contributed by atoms with Gasteiger partial charge in [0.05, 0.1) is 0 Å². The molecule has 63 heavy (non-hydrogen) atoms. The molecule has 11 aromatic rings. The largest absolute Gasteiger partial charge is 0.0622 e. The van der Waals surface area contributed by atoms with E-state index < -0.39 is 0 Å². The van der Waals surface area contributed by atoms with Crippen LogP contribution in [0.1, 0.15) is 27.8 Å². The minimum atomic E-state index is 1.18. The smallest absolute Gasteiger partial charge is 0.00261 e. The van der Waals surface area contributed by atoms with Gasteiger partial charge < -0.3 is 0 Å². The molecular weight excluding hydrogens is 757 g/mol. The summed E-state index contributed by atoms with van der Waals surface area (Å²) in [6.07, 6.45) is 8.73. The van der Waals surface area contributed by atoms with E-state index in [1.807, 2.05) is 0 Å². The van der Waals surface area contributed by atoms with Crippen LogP contribution in [0.2, 0.25) is 0 Å². The lowest BCUT2D eigenvalue weighted by molar-refractivity contribution is 1.47. The van der Waals surface area contributed by atoms with Crippen molar-refractivity contribution in [2.75, 3.05) is 0 Å². The van der Waals surface area contributed by atoms with E-state index in [4.69, 9.17) is 0 Å². The van der Waals surface area contributed by atoms with Crippen LogP contribution in [-0.2, 0) is 0 Å². The summed E-state index contributed by atoms with van der Waals surface area (Å²) < 4.78 is 0. The number of aryl methyl sites for hydroxylation is 1. The molecule has 0 saturated carbocycles. The molecule has 0 heteroatoms. The molecule has 0 aliphatic rings. The molecule has 11 aromatic carbocycles. The topological polar surface area (TPSA) is 0 Å². The van der Waals surface area contributed by atoms with Gasteiger partial charge >= 0.3 is 0 Å². The fourth-order valence-electron chi connectivity index (χ4n) is 9.61. The van der Waals surface area contributed by atoms with E-state index in [0.29, 0.717) is 0 Å². The average Bonchev–Trinajstić information content (AvgIpc) is 3.34. The van der Waals surface area contributed by atoms with Crippen molar-refractivity contribution in [3.63, 3.8) is 0 Å². The SMILES string of the molecule is Cc1cc(-c2c3ccccc3c(-c3ccc(/C=C/c4ccccc4)cc3)c3ccccc23)cc(-c2c3ccccc3c(-c3ccc(/C=C/c4ccccc4)cc3)c3ccccc23)c1. The highest BCUT2D eigenvalue weighted by Gasteiger charge is 2.20. The summed E-state index contributed by atoms with van der Waals surface area (Å²) in [4.78, 5) is 0. The Balaban J connectivity index is 1.05. The summed E-state index contributed by atoms with van der Waals surface area (Å²) >= 11 is 0. The summed E-state index contributed by atoms with van der Waals surface area (Å²) in [5, 5.41) is 10.0. The van der Waals surface area contributed by atoms with Gasteiger partial charge in [0.15, 0.2) is 0 Å². The molecule has 0 aromatic heterocycles. The monoisotopic (exact) mass is 800 g/mol. The number of fused-ring (bicyclic) bond motifs is 4. The Morgan fingerprint density at radius 3 is 0.746 bits per heavy atom. The third-order valence-electron chi connectivity index (χ3n) is 12.5. The van der Waals surface area contributed by atoms with Gasteiger partial charge in [0.1, 0.15) is 0 Å². The number of benzene rings is 11. The van der Waals surface area contributed by atoms with Gasteiger partial charge in [-0.15, -0.1) is 0 Å². The van der Waals surface area contributed by atoms with Crippen molar-refractivity contribution in [1.29, 1.82) is 0 Å². The van der Waals surface area contributed by atoms with Crippen molar-refractivity contribution in [3.8, 4) is 44.5 Å². The van der Waals surface area contributed by atoms with Crippen molar-refractivity contribution in [1.82, 2.24) is 0 Å². The first-order chi connectivity index (χ1) is 31.2. The van der Waals surface area contributed by atoms with Crippen LogP contribution in [-0.4, -0.2) is 0 Å². The summed E-state index contributed by atoms with van der Waals surface area (Å²) in [5.74, 6) is 0. The molecule has 0 fully saturated rings. The van der Waals surface area contributed by atoms with Crippen LogP contribution in [0.3, 0.4) is 0 Å². The predicted molar refractivity (Wildman–Crippen MR) is 274 cm³/mol. The van der Waals surface area contributed by atoms with Crippen LogP contribution in [0.4, 0.5) is 0 Å². The van der Waals surface area contributed by atoms with Crippen LogP contribution in [0.5, 0.6) is 0 Å². The second-order valence-electron chi connectivity index (χ2n) is 16.5. The van der Waals surface area contributed by atoms with Crippen LogP contribution in [0.15, 0.2) is 224 Å². The zero-order valence-corrected chi connectivity index (χ0v) is 35.2. The van der Waals surface area contributed by atoms with E-state index in [0.717, 1.165) is 0 Å². The van der Waals surface area contributed by atoms with Crippen molar-refractivity contribution < 1.29 is 0 Å². The van der Waals surface area contributed by atoms with E-state index in [9.17, 15) is 0 Å². The molecule has 0 bridgehead atoms. The zero-order chi connectivity index (χ0) is 42.1. The highest BCUT2D eigenvalue weighted by molar-refractivity contribution is 6.23. The molecule has 0 saturated heterocycles. The third-order valence-corrected chi connectivity index (χ3v) is 12.5. The van der Waals surface area contributed by atoms with E-state index in [1.54, 1.807) is 0 Å². The standard InChI is InChI=1S/C63H44/c1-43-40-50(62-56-24-12-8-20-52(56)60(53-21-9-13-25-57(53)62)48-36-32-46(33-37-48)30-28-44-16-4-2-5-17-44)42-51(41-43)63-58-26-14-10-22-54(58)61(55-23-11-15-27-59(55)63)49-38-34-47(35-39-49)31-29-45-18-6-3-7-19-45/h2-42H,1H3/b30-28+,31-29+. The fraction of sp³-hybridized carbons (Fsp3) is 0.0159. The summed E-state index contributed by atoms with van der Waals surface area (Å²) in [7, 11) is 0. The van der Waals surface area contributed by atoms with E-state index in [2.05, 4.69) is 256 Å². The van der Waals surface area contributed by atoms with E-state index in [1.165, 1.54) is 115 Å². The molecule has 0 aliphatic carbocycles. The first-order valence-corrected chi connectivity index (χ1v) is 21.8. The molecule has 296 valence electrons. The quantitative estimate of drug-likeness (QED) is 0.106. The minimum absolute atomic E-state index is 1.18. The van der Waals surface area contributed by atoms with Gasteiger partial charge in [-0.25, -0.2) is 0 Å². The minimum Gasteiger partial charge on any atom is -0.0622 e. The first-order valence-electron chi connectivity index (χ1n) is 21.8. The highest BCUT2D eigenvalue weighted by Crippen LogP contribution is 2.47. The van der Waals surface area contributed by atoms with E-state index in [-0.39, 0.29) is 0 Å². The molecule has 0 aliphatic heterocycles. The zero-order valence-electron chi connectivity index (χ0n) is 35.2. The maximum Gasteiger partial charge on any atom is -0.00261 e. The van der Waals surface area contributed by atoms with Crippen molar-refractivity contribution in [2.24, 2.45) is 0 Å². The van der Waals surface area contributed by atoms with Crippen molar-refractivity contribution in [2.45, 2.75) is 6.92 Å². The molecule has 0 amide bonds. The second-order valence-corrected chi connectivity index (χ2v) is 16.5. The van der Waals surface area contributed by atoms with Crippen molar-refractivity contribution >= 4 is 67.4 Å². The molecule has 0 unspecified atom stereocenters. The Labute approximate surface area is 369 Å². The number of rotatable bonds is 8. The second kappa shape index (κ2) is 16.4. The summed E-state index contributed by atoms with van der Waals surface area (Å²) in [6.45, 7) is 2.24. The normalized spacial score (nSPS) is 11.8. The molecule has 11 rings (SSSR count). The maximum atomic E-state index is 2.44. The Hall–Kier alpha value is -8.06. The molecule has 0 spiro atoms. The van der Waals surface area contributed by atoms with Crippen LogP contribution in [0.25, 0.3) is 112 Å². The molecule has 0 heterocycles. The van der Waals surface area contributed by atoms with Gasteiger partial charge in [0.25, 0.3) is 0 Å². The van der Waals surface area contributed by atoms with Crippen LogP contribution in [0, 0.1) is 6.92 Å². The third kappa shape index (κ3) is 7.22.